The summed E-state index contributed by atoms with van der Waals surface area (Å²) in [5, 5.41) is 4.79. The van der Waals surface area contributed by atoms with Crippen LogP contribution in [0.2, 0.25) is 0 Å². The van der Waals surface area contributed by atoms with E-state index in [1.165, 1.54) is 4.88 Å². The Morgan fingerprint density at radius 3 is 2.47 bits per heavy atom. The van der Waals surface area contributed by atoms with Crippen LogP contribution in [0.5, 0.6) is 0 Å². The molecule has 106 valence electrons. The van der Waals surface area contributed by atoms with Gasteiger partial charge in [-0.15, -0.1) is 11.3 Å². The Bertz CT molecular complexity index is 450. The van der Waals surface area contributed by atoms with Gasteiger partial charge in [-0.2, -0.15) is 0 Å². The van der Waals surface area contributed by atoms with E-state index >= 15 is 0 Å². The number of aromatic nitrogens is 1. The second-order valence-corrected chi connectivity index (χ2v) is 6.76. The number of nitrogens with one attached hydrogen (secondary N) is 1. The minimum absolute atomic E-state index is 0.0840. The summed E-state index contributed by atoms with van der Waals surface area (Å²) in [5.41, 5.74) is 6.49. The van der Waals surface area contributed by atoms with Crippen molar-refractivity contribution in [1.29, 1.82) is 0 Å². The largest absolute Gasteiger partial charge is 0.369 e. The fraction of sp³-hybridized carbons (Fsp3) is 0.714. The van der Waals surface area contributed by atoms with Crippen molar-refractivity contribution >= 4 is 17.2 Å². The third-order valence-corrected chi connectivity index (χ3v) is 5.20. The molecule has 1 aliphatic rings. The van der Waals surface area contributed by atoms with Crippen molar-refractivity contribution in [2.75, 3.05) is 0 Å². The molecule has 4 nitrogen and oxygen atoms in total. The normalized spacial score (nSPS) is 25.2. The molecule has 3 N–H and O–H groups in total. The third-order valence-electron chi connectivity index (χ3n) is 3.95. The number of nitrogens with zero attached hydrogens (tertiary/aromatic N) is 1. The monoisotopic (exact) mass is 281 g/mol. The highest BCUT2D eigenvalue weighted by atomic mass is 32.1. The van der Waals surface area contributed by atoms with Crippen LogP contribution >= 0.6 is 11.3 Å². The van der Waals surface area contributed by atoms with E-state index in [1.54, 1.807) is 11.3 Å². The van der Waals surface area contributed by atoms with Crippen LogP contribution in [0.15, 0.2) is 0 Å². The van der Waals surface area contributed by atoms with Gasteiger partial charge in [0.15, 0.2) is 0 Å². The smallest absolute Gasteiger partial charge is 0.220 e. The maximum absolute atomic E-state index is 11.1. The van der Waals surface area contributed by atoms with Gasteiger partial charge in [-0.05, 0) is 46.5 Å². The molecule has 1 unspecified atom stereocenters. The van der Waals surface area contributed by atoms with Crippen molar-refractivity contribution in [3.8, 4) is 0 Å². The molecule has 0 aromatic carbocycles. The van der Waals surface area contributed by atoms with Crippen LogP contribution in [-0.4, -0.2) is 16.9 Å². The Hall–Kier alpha value is -0.940. The number of hydrogen-bond donors (Lipinski definition) is 2. The van der Waals surface area contributed by atoms with Crippen LogP contribution in [-0.2, 0) is 4.79 Å². The van der Waals surface area contributed by atoms with Gasteiger partial charge in [0.2, 0.25) is 5.91 Å². The first-order valence-electron chi connectivity index (χ1n) is 6.96. The summed E-state index contributed by atoms with van der Waals surface area (Å²) in [6.07, 6.45) is 3.91. The lowest BCUT2D eigenvalue weighted by atomic mass is 9.85. The van der Waals surface area contributed by atoms with Crippen molar-refractivity contribution in [3.05, 3.63) is 15.6 Å². The molecule has 0 saturated heterocycles. The molecule has 1 amide bonds. The number of primary amides is 1. The minimum Gasteiger partial charge on any atom is -0.369 e. The lowest BCUT2D eigenvalue weighted by molar-refractivity contribution is -0.122. The second-order valence-electron chi connectivity index (χ2n) is 5.52. The van der Waals surface area contributed by atoms with E-state index in [0.29, 0.717) is 12.1 Å². The molecule has 19 heavy (non-hydrogen) atoms. The van der Waals surface area contributed by atoms with Gasteiger partial charge in [0.25, 0.3) is 0 Å². The quantitative estimate of drug-likeness (QED) is 0.890. The van der Waals surface area contributed by atoms with Crippen LogP contribution in [0, 0.1) is 19.8 Å². The molecule has 1 aromatic rings. The first-order chi connectivity index (χ1) is 8.97. The molecule has 1 saturated carbocycles. The Labute approximate surface area is 118 Å². The zero-order valence-corrected chi connectivity index (χ0v) is 12.7. The van der Waals surface area contributed by atoms with Crippen LogP contribution in [0.3, 0.4) is 0 Å². The third kappa shape index (κ3) is 3.54. The molecule has 2 rings (SSSR count). The molecule has 0 radical (unpaired) electrons. The summed E-state index contributed by atoms with van der Waals surface area (Å²) in [6.45, 7) is 6.31. The SMILES string of the molecule is Cc1nc(C)c(C(C)NC2CCC(C(N)=O)CC2)s1. The van der Waals surface area contributed by atoms with E-state index in [4.69, 9.17) is 5.73 Å². The van der Waals surface area contributed by atoms with Gasteiger partial charge < -0.3 is 11.1 Å². The number of thiazole rings is 1. The average molecular weight is 281 g/mol. The summed E-state index contributed by atoms with van der Waals surface area (Å²) in [4.78, 5) is 17.0. The molecule has 0 spiro atoms. The highest BCUT2D eigenvalue weighted by Gasteiger charge is 2.26. The fourth-order valence-electron chi connectivity index (χ4n) is 2.92. The van der Waals surface area contributed by atoms with Crippen LogP contribution < -0.4 is 11.1 Å². The van der Waals surface area contributed by atoms with E-state index in [1.807, 2.05) is 6.92 Å². The molecular formula is C14H23N3OS. The Morgan fingerprint density at radius 1 is 1.37 bits per heavy atom. The second kappa shape index (κ2) is 6.01. The summed E-state index contributed by atoms with van der Waals surface area (Å²) in [7, 11) is 0. The summed E-state index contributed by atoms with van der Waals surface area (Å²) in [5.74, 6) is -0.0545. The number of amides is 1. The van der Waals surface area contributed by atoms with E-state index in [2.05, 4.69) is 24.1 Å². The standard InChI is InChI=1S/C14H23N3OS/c1-8-13(19-10(3)16-8)9(2)17-12-6-4-11(5-7-12)14(15)18/h9,11-12,17H,4-7H2,1-3H3,(H2,15,18). The number of hydrogen-bond acceptors (Lipinski definition) is 4. The topological polar surface area (TPSA) is 68.0 Å². The average Bonchev–Trinajstić information content (AvgIpc) is 2.69. The number of rotatable bonds is 4. The number of carbonyl (C=O) groups excluding carboxylic acids is 1. The van der Waals surface area contributed by atoms with E-state index < -0.39 is 0 Å². The van der Waals surface area contributed by atoms with E-state index in [0.717, 1.165) is 36.4 Å². The zero-order chi connectivity index (χ0) is 14.0. The molecule has 1 atom stereocenters. The predicted molar refractivity (Wildman–Crippen MR) is 78.1 cm³/mol. The Morgan fingerprint density at radius 2 is 2.00 bits per heavy atom. The summed E-state index contributed by atoms with van der Waals surface area (Å²) < 4.78 is 0. The number of carbonyl (C=O) groups is 1. The zero-order valence-electron chi connectivity index (χ0n) is 11.9. The number of nitrogens with two attached hydrogens (primary N) is 1. The van der Waals surface area contributed by atoms with Gasteiger partial charge in [-0.3, -0.25) is 4.79 Å². The van der Waals surface area contributed by atoms with Crippen molar-refractivity contribution < 1.29 is 4.79 Å². The Kier molecular flexibility index (Phi) is 4.58. The number of aryl methyl sites for hydroxylation is 2. The van der Waals surface area contributed by atoms with Crippen molar-refractivity contribution in [2.24, 2.45) is 11.7 Å². The minimum atomic E-state index is -0.138. The van der Waals surface area contributed by atoms with Gasteiger partial charge >= 0.3 is 0 Å². The highest BCUT2D eigenvalue weighted by Crippen LogP contribution is 2.29. The van der Waals surface area contributed by atoms with Crippen LogP contribution in [0.25, 0.3) is 0 Å². The molecule has 1 aromatic heterocycles. The van der Waals surface area contributed by atoms with Gasteiger partial charge in [0.1, 0.15) is 0 Å². The van der Waals surface area contributed by atoms with Gasteiger partial charge in [0.05, 0.1) is 10.7 Å². The van der Waals surface area contributed by atoms with Crippen molar-refractivity contribution in [2.45, 2.75) is 58.5 Å². The first-order valence-corrected chi connectivity index (χ1v) is 7.78. The first kappa shape index (κ1) is 14.5. The maximum Gasteiger partial charge on any atom is 0.220 e. The maximum atomic E-state index is 11.1. The predicted octanol–water partition coefficient (Wildman–Crippen LogP) is 2.45. The van der Waals surface area contributed by atoms with Crippen molar-refractivity contribution in [3.63, 3.8) is 0 Å². The van der Waals surface area contributed by atoms with Gasteiger partial charge in [-0.25, -0.2) is 4.98 Å². The molecule has 0 bridgehead atoms. The molecule has 0 aliphatic heterocycles. The molecule has 5 heteroatoms. The highest BCUT2D eigenvalue weighted by molar-refractivity contribution is 7.11. The Balaban J connectivity index is 1.89. The van der Waals surface area contributed by atoms with Crippen molar-refractivity contribution in [1.82, 2.24) is 10.3 Å². The molecule has 1 aliphatic carbocycles. The van der Waals surface area contributed by atoms with Gasteiger partial charge in [0, 0.05) is 22.9 Å². The molecular weight excluding hydrogens is 258 g/mol. The van der Waals surface area contributed by atoms with Gasteiger partial charge in [-0.1, -0.05) is 0 Å². The van der Waals surface area contributed by atoms with Crippen LogP contribution in [0.4, 0.5) is 0 Å². The van der Waals surface area contributed by atoms with E-state index in [-0.39, 0.29) is 11.8 Å². The lowest BCUT2D eigenvalue weighted by Crippen LogP contribution is -2.37. The molecule has 1 fully saturated rings. The summed E-state index contributed by atoms with van der Waals surface area (Å²) in [6, 6.07) is 0.828. The van der Waals surface area contributed by atoms with Crippen LogP contribution in [0.1, 0.15) is 54.2 Å². The lowest BCUT2D eigenvalue weighted by Gasteiger charge is -2.29. The fourth-order valence-corrected chi connectivity index (χ4v) is 3.86. The summed E-state index contributed by atoms with van der Waals surface area (Å²) >= 11 is 1.77. The van der Waals surface area contributed by atoms with E-state index in [9.17, 15) is 4.79 Å². The molecule has 1 heterocycles.